The monoisotopic (exact) mass is 412 g/mol. The molecule has 164 valence electrons. The maximum atomic E-state index is 5.49. The lowest BCUT2D eigenvalue weighted by atomic mass is 9.99. The summed E-state index contributed by atoms with van der Waals surface area (Å²) in [6.07, 6.45) is 9.20. The molecule has 1 aliphatic rings. The van der Waals surface area contributed by atoms with E-state index >= 15 is 0 Å². The lowest BCUT2D eigenvalue weighted by Crippen LogP contribution is -2.36. The molecule has 1 aliphatic heterocycles. The van der Waals surface area contributed by atoms with Gasteiger partial charge in [0.1, 0.15) is 5.82 Å². The van der Waals surface area contributed by atoms with Crippen LogP contribution in [0, 0.1) is 0 Å². The van der Waals surface area contributed by atoms with Gasteiger partial charge in [0.25, 0.3) is 0 Å². The first-order valence-electron chi connectivity index (χ1n) is 11.3. The number of nitrogens with zero attached hydrogens (tertiary/aromatic N) is 4. The van der Waals surface area contributed by atoms with E-state index in [2.05, 4.69) is 56.6 Å². The molecular weight excluding hydrogens is 376 g/mol. The van der Waals surface area contributed by atoms with E-state index in [4.69, 9.17) is 4.52 Å². The van der Waals surface area contributed by atoms with Gasteiger partial charge < -0.3 is 20.1 Å². The molecule has 7 heteroatoms. The average molecular weight is 413 g/mol. The Bertz CT molecular complexity index is 790. The number of nitrogens with one attached hydrogen (secondary N) is 2. The van der Waals surface area contributed by atoms with Crippen molar-refractivity contribution in [1.82, 2.24) is 20.8 Å². The van der Waals surface area contributed by atoms with Gasteiger partial charge in [0.2, 0.25) is 0 Å². The predicted molar refractivity (Wildman–Crippen MR) is 122 cm³/mol. The maximum absolute atomic E-state index is 5.49. The lowest BCUT2D eigenvalue weighted by Gasteiger charge is -2.22. The highest BCUT2D eigenvalue weighted by atomic mass is 16.5. The van der Waals surface area contributed by atoms with Crippen molar-refractivity contribution in [3.05, 3.63) is 41.4 Å². The number of anilines is 1. The highest BCUT2D eigenvalue weighted by molar-refractivity contribution is 5.79. The van der Waals surface area contributed by atoms with Crippen LogP contribution in [0.3, 0.4) is 0 Å². The van der Waals surface area contributed by atoms with Crippen molar-refractivity contribution >= 4 is 11.8 Å². The van der Waals surface area contributed by atoms with Crippen LogP contribution < -0.4 is 15.5 Å². The Morgan fingerprint density at radius 2 is 1.83 bits per heavy atom. The van der Waals surface area contributed by atoms with Crippen molar-refractivity contribution in [3.63, 3.8) is 0 Å². The molecule has 3 heterocycles. The van der Waals surface area contributed by atoms with E-state index in [-0.39, 0.29) is 0 Å². The first-order chi connectivity index (χ1) is 14.7. The van der Waals surface area contributed by atoms with Crippen LogP contribution in [0.25, 0.3) is 0 Å². The van der Waals surface area contributed by atoms with Crippen molar-refractivity contribution in [1.29, 1.82) is 0 Å². The summed E-state index contributed by atoms with van der Waals surface area (Å²) in [7, 11) is 1.78. The molecule has 2 aromatic rings. The Morgan fingerprint density at radius 1 is 1.10 bits per heavy atom. The zero-order chi connectivity index (χ0) is 21.2. The summed E-state index contributed by atoms with van der Waals surface area (Å²) in [6.45, 7) is 7.82. The highest BCUT2D eigenvalue weighted by Crippen LogP contribution is 2.22. The topological polar surface area (TPSA) is 78.6 Å². The minimum absolute atomic E-state index is 0.463. The van der Waals surface area contributed by atoms with Gasteiger partial charge >= 0.3 is 0 Å². The number of aromatic nitrogens is 2. The van der Waals surface area contributed by atoms with Gasteiger partial charge in [-0.05, 0) is 43.4 Å². The molecule has 0 spiro atoms. The molecule has 0 unspecified atom stereocenters. The summed E-state index contributed by atoms with van der Waals surface area (Å²) < 4.78 is 5.49. The van der Waals surface area contributed by atoms with Crippen molar-refractivity contribution in [2.45, 2.75) is 71.4 Å². The standard InChI is InChI=1S/C23H36N6O/c1-4-19(5-2)21-15-20(30-28-21)17-27-23(24-3)26-16-18-10-11-25-22(14-18)29-12-8-6-7-9-13-29/h10-11,14-15,19H,4-9,12-13,16-17H2,1-3H3,(H2,24,26,27). The van der Waals surface area contributed by atoms with Crippen LogP contribution in [0.2, 0.25) is 0 Å². The van der Waals surface area contributed by atoms with Gasteiger partial charge in [0, 0.05) is 44.9 Å². The third kappa shape index (κ3) is 6.21. The Balaban J connectivity index is 1.51. The van der Waals surface area contributed by atoms with E-state index in [0.717, 1.165) is 49.2 Å². The number of hydrogen-bond acceptors (Lipinski definition) is 5. The second-order valence-electron chi connectivity index (χ2n) is 7.93. The summed E-state index contributed by atoms with van der Waals surface area (Å²) in [6, 6.07) is 6.29. The molecule has 0 saturated carbocycles. The SMILES string of the molecule is CCC(CC)c1cc(CNC(=NC)NCc2ccnc(N3CCCCCC3)c2)on1. The Kier molecular flexibility index (Phi) is 8.53. The zero-order valence-corrected chi connectivity index (χ0v) is 18.7. The summed E-state index contributed by atoms with van der Waals surface area (Å²) in [5, 5.41) is 10.9. The minimum Gasteiger partial charge on any atom is -0.359 e. The Labute approximate surface area is 180 Å². The third-order valence-corrected chi connectivity index (χ3v) is 5.83. The van der Waals surface area contributed by atoms with E-state index in [1.807, 2.05) is 12.3 Å². The summed E-state index contributed by atoms with van der Waals surface area (Å²) in [5.41, 5.74) is 2.24. The van der Waals surface area contributed by atoms with Gasteiger partial charge in [-0.15, -0.1) is 0 Å². The van der Waals surface area contributed by atoms with E-state index < -0.39 is 0 Å². The molecule has 0 aromatic carbocycles. The predicted octanol–water partition coefficient (Wildman–Crippen LogP) is 4.22. The van der Waals surface area contributed by atoms with E-state index in [1.165, 1.54) is 31.2 Å². The fourth-order valence-corrected chi connectivity index (χ4v) is 3.93. The summed E-state index contributed by atoms with van der Waals surface area (Å²) in [5.74, 6) is 3.11. The second-order valence-corrected chi connectivity index (χ2v) is 7.93. The molecule has 1 fully saturated rings. The lowest BCUT2D eigenvalue weighted by molar-refractivity contribution is 0.368. The van der Waals surface area contributed by atoms with E-state index in [0.29, 0.717) is 19.0 Å². The van der Waals surface area contributed by atoms with Crippen molar-refractivity contribution in [2.24, 2.45) is 4.99 Å². The molecule has 2 aromatic heterocycles. The van der Waals surface area contributed by atoms with Crippen LogP contribution in [0.1, 0.15) is 75.3 Å². The molecule has 0 aliphatic carbocycles. The van der Waals surface area contributed by atoms with E-state index in [9.17, 15) is 0 Å². The van der Waals surface area contributed by atoms with Gasteiger partial charge in [-0.25, -0.2) is 4.98 Å². The number of rotatable bonds is 8. The molecule has 7 nitrogen and oxygen atoms in total. The van der Waals surface area contributed by atoms with Crippen LogP contribution in [0.5, 0.6) is 0 Å². The van der Waals surface area contributed by atoms with Crippen LogP contribution >= 0.6 is 0 Å². The van der Waals surface area contributed by atoms with Gasteiger partial charge in [-0.2, -0.15) is 0 Å². The largest absolute Gasteiger partial charge is 0.359 e. The van der Waals surface area contributed by atoms with Crippen LogP contribution in [0.4, 0.5) is 5.82 Å². The quantitative estimate of drug-likeness (QED) is 0.499. The molecule has 0 bridgehead atoms. The van der Waals surface area contributed by atoms with Gasteiger partial charge in [0.15, 0.2) is 11.7 Å². The van der Waals surface area contributed by atoms with E-state index in [1.54, 1.807) is 7.05 Å². The molecule has 2 N–H and O–H groups in total. The fourth-order valence-electron chi connectivity index (χ4n) is 3.93. The first kappa shape index (κ1) is 22.1. The highest BCUT2D eigenvalue weighted by Gasteiger charge is 2.14. The normalized spacial score (nSPS) is 15.3. The zero-order valence-electron chi connectivity index (χ0n) is 18.7. The molecule has 3 rings (SSSR count). The number of aliphatic imine (C=N–C) groups is 1. The minimum atomic E-state index is 0.463. The second kappa shape index (κ2) is 11.6. The third-order valence-electron chi connectivity index (χ3n) is 5.83. The smallest absolute Gasteiger partial charge is 0.191 e. The number of guanidine groups is 1. The Hall–Kier alpha value is -2.57. The van der Waals surface area contributed by atoms with Crippen molar-refractivity contribution in [3.8, 4) is 0 Å². The van der Waals surface area contributed by atoms with Crippen molar-refractivity contribution in [2.75, 3.05) is 25.0 Å². The van der Waals surface area contributed by atoms with Gasteiger partial charge in [-0.3, -0.25) is 4.99 Å². The van der Waals surface area contributed by atoms with Gasteiger partial charge in [0.05, 0.1) is 12.2 Å². The average Bonchev–Trinajstić information content (AvgIpc) is 3.07. The molecule has 0 radical (unpaired) electrons. The molecule has 0 atom stereocenters. The van der Waals surface area contributed by atoms with Gasteiger partial charge in [-0.1, -0.05) is 31.8 Å². The van der Waals surface area contributed by atoms with Crippen LogP contribution in [-0.2, 0) is 13.1 Å². The molecule has 0 amide bonds. The Morgan fingerprint density at radius 3 is 2.53 bits per heavy atom. The maximum Gasteiger partial charge on any atom is 0.191 e. The summed E-state index contributed by atoms with van der Waals surface area (Å²) in [4.78, 5) is 11.3. The number of hydrogen-bond donors (Lipinski definition) is 2. The molecule has 30 heavy (non-hydrogen) atoms. The number of pyridine rings is 1. The van der Waals surface area contributed by atoms with Crippen LogP contribution in [0.15, 0.2) is 33.9 Å². The molecular formula is C23H36N6O. The summed E-state index contributed by atoms with van der Waals surface area (Å²) >= 11 is 0. The first-order valence-corrected chi connectivity index (χ1v) is 11.3. The fraction of sp³-hybridized carbons (Fsp3) is 0.609. The molecule has 1 saturated heterocycles. The van der Waals surface area contributed by atoms with Crippen LogP contribution in [-0.4, -0.2) is 36.2 Å². The van der Waals surface area contributed by atoms with Crippen molar-refractivity contribution < 1.29 is 4.52 Å².